The Morgan fingerprint density at radius 3 is 2.25 bits per heavy atom. The van der Waals surface area contributed by atoms with Crippen molar-refractivity contribution in [3.63, 3.8) is 0 Å². The van der Waals surface area contributed by atoms with E-state index in [0.29, 0.717) is 10.0 Å². The van der Waals surface area contributed by atoms with Crippen LogP contribution in [0.1, 0.15) is 15.8 Å². The number of alkyl halides is 1. The molecular weight excluding hydrogens is 306 g/mol. The molecule has 2 rings (SSSR count). The molecule has 0 radical (unpaired) electrons. The van der Waals surface area contributed by atoms with E-state index >= 15 is 0 Å². The summed E-state index contributed by atoms with van der Waals surface area (Å²) in [6, 6.07) is 9.11. The van der Waals surface area contributed by atoms with E-state index in [9.17, 15) is 0 Å². The number of hydrogen-bond donors (Lipinski definition) is 0. The Hall–Kier alpha value is 0.0800. The number of thiophene rings is 1. The molecule has 0 spiro atoms. The molecule has 16 heavy (non-hydrogen) atoms. The largest absolute Gasteiger partial charge is 0.127 e. The molecule has 1 unspecified atom stereocenters. The van der Waals surface area contributed by atoms with E-state index < -0.39 is 0 Å². The van der Waals surface area contributed by atoms with E-state index in [2.05, 4.69) is 0 Å². The molecule has 1 atom stereocenters. The van der Waals surface area contributed by atoms with Gasteiger partial charge in [0.15, 0.2) is 0 Å². The van der Waals surface area contributed by atoms with E-state index in [4.69, 9.17) is 46.4 Å². The highest BCUT2D eigenvalue weighted by atomic mass is 35.5. The maximum atomic E-state index is 6.32. The van der Waals surface area contributed by atoms with Crippen LogP contribution < -0.4 is 0 Å². The van der Waals surface area contributed by atoms with Crippen molar-refractivity contribution in [2.75, 3.05) is 0 Å². The summed E-state index contributed by atoms with van der Waals surface area (Å²) in [4.78, 5) is 0.991. The van der Waals surface area contributed by atoms with Crippen molar-refractivity contribution in [3.8, 4) is 0 Å². The van der Waals surface area contributed by atoms with Crippen molar-refractivity contribution in [3.05, 3.63) is 55.2 Å². The summed E-state index contributed by atoms with van der Waals surface area (Å²) >= 11 is 25.4. The molecule has 0 aliphatic carbocycles. The molecule has 84 valence electrons. The number of hydrogen-bond acceptors (Lipinski definition) is 1. The van der Waals surface area contributed by atoms with Crippen LogP contribution in [0.5, 0.6) is 0 Å². The van der Waals surface area contributed by atoms with Crippen LogP contribution in [-0.2, 0) is 0 Å². The average molecular weight is 312 g/mol. The second kappa shape index (κ2) is 5.16. The fourth-order valence-electron chi connectivity index (χ4n) is 1.30. The maximum absolute atomic E-state index is 6.32. The van der Waals surface area contributed by atoms with Crippen molar-refractivity contribution >= 4 is 57.7 Å². The van der Waals surface area contributed by atoms with Crippen molar-refractivity contribution in [1.82, 2.24) is 0 Å². The Morgan fingerprint density at radius 2 is 1.69 bits per heavy atom. The van der Waals surface area contributed by atoms with Gasteiger partial charge in [-0.15, -0.1) is 22.9 Å². The molecule has 0 saturated heterocycles. The molecule has 1 heterocycles. The highest BCUT2D eigenvalue weighted by molar-refractivity contribution is 7.16. The summed E-state index contributed by atoms with van der Waals surface area (Å²) in [5, 5.41) is 0.790. The molecule has 1 aromatic carbocycles. The molecule has 0 aliphatic heterocycles. The van der Waals surface area contributed by atoms with Gasteiger partial charge in [-0.3, -0.25) is 0 Å². The van der Waals surface area contributed by atoms with Crippen LogP contribution in [0.25, 0.3) is 0 Å². The van der Waals surface area contributed by atoms with Gasteiger partial charge in [0.05, 0.1) is 19.8 Å². The molecule has 0 aliphatic rings. The summed E-state index contributed by atoms with van der Waals surface area (Å²) in [5.41, 5.74) is 0.912. The van der Waals surface area contributed by atoms with Gasteiger partial charge in [-0.1, -0.05) is 40.9 Å². The number of halogens is 4. The molecule has 5 heteroatoms. The Balaban J connectivity index is 2.33. The maximum Gasteiger partial charge on any atom is 0.0931 e. The molecule has 0 nitrogen and oxygen atoms in total. The highest BCUT2D eigenvalue weighted by Gasteiger charge is 2.14. The molecule has 0 N–H and O–H groups in total. The zero-order chi connectivity index (χ0) is 11.7. The normalized spacial score (nSPS) is 12.8. The zero-order valence-corrected chi connectivity index (χ0v) is 11.7. The van der Waals surface area contributed by atoms with Crippen LogP contribution in [0.3, 0.4) is 0 Å². The van der Waals surface area contributed by atoms with Crippen LogP contribution in [0.15, 0.2) is 30.3 Å². The lowest BCUT2D eigenvalue weighted by molar-refractivity contribution is 1.18. The Morgan fingerprint density at radius 1 is 0.938 bits per heavy atom. The first-order chi connectivity index (χ1) is 7.58. The predicted octanol–water partition coefficient (Wildman–Crippen LogP) is 6.04. The number of benzene rings is 1. The average Bonchev–Trinajstić information content (AvgIpc) is 2.68. The molecule has 1 aromatic heterocycles. The van der Waals surface area contributed by atoms with Crippen molar-refractivity contribution < 1.29 is 0 Å². The third kappa shape index (κ3) is 2.66. The fourth-order valence-corrected chi connectivity index (χ4v) is 3.01. The quantitative estimate of drug-likeness (QED) is 0.593. The van der Waals surface area contributed by atoms with E-state index in [-0.39, 0.29) is 5.38 Å². The standard InChI is InChI=1S/C11H6Cl4S/c12-7-2-1-6(5-8(7)13)11(15)9-3-4-10(14)16-9/h1-5,11H. The summed E-state index contributed by atoms with van der Waals surface area (Å²) < 4.78 is 0.723. The van der Waals surface area contributed by atoms with Crippen LogP contribution in [0, 0.1) is 0 Å². The predicted molar refractivity (Wildman–Crippen MR) is 73.5 cm³/mol. The lowest BCUT2D eigenvalue weighted by atomic mass is 10.1. The van der Waals surface area contributed by atoms with E-state index in [0.717, 1.165) is 14.8 Å². The van der Waals surface area contributed by atoms with E-state index in [1.807, 2.05) is 18.2 Å². The second-order valence-corrected chi connectivity index (χ2v) is 6.18. The molecule has 0 amide bonds. The van der Waals surface area contributed by atoms with Crippen LogP contribution in [0.2, 0.25) is 14.4 Å². The molecule has 2 aromatic rings. The minimum Gasteiger partial charge on any atom is -0.127 e. The first-order valence-corrected chi connectivity index (χ1v) is 6.81. The van der Waals surface area contributed by atoms with Crippen LogP contribution in [0.4, 0.5) is 0 Å². The van der Waals surface area contributed by atoms with Crippen molar-refractivity contribution in [2.45, 2.75) is 5.38 Å². The molecule has 0 bridgehead atoms. The van der Waals surface area contributed by atoms with Crippen LogP contribution >= 0.6 is 57.7 Å². The highest BCUT2D eigenvalue weighted by Crippen LogP contribution is 2.37. The molecule has 0 fully saturated rings. The summed E-state index contributed by atoms with van der Waals surface area (Å²) in [7, 11) is 0. The minimum absolute atomic E-state index is 0.243. The fraction of sp³-hybridized carbons (Fsp3) is 0.0909. The molecular formula is C11H6Cl4S. The van der Waals surface area contributed by atoms with Gasteiger partial charge in [0, 0.05) is 4.88 Å². The van der Waals surface area contributed by atoms with E-state index in [1.54, 1.807) is 12.1 Å². The second-order valence-electron chi connectivity index (χ2n) is 3.18. The Labute approximate surface area is 118 Å². The van der Waals surface area contributed by atoms with Gasteiger partial charge in [0.1, 0.15) is 0 Å². The topological polar surface area (TPSA) is 0 Å². The first-order valence-electron chi connectivity index (χ1n) is 4.42. The third-order valence-corrected chi connectivity index (χ3v) is 4.73. The summed E-state index contributed by atoms with van der Waals surface area (Å²) in [5.74, 6) is 0. The summed E-state index contributed by atoms with van der Waals surface area (Å²) in [6.45, 7) is 0. The zero-order valence-electron chi connectivity index (χ0n) is 7.88. The van der Waals surface area contributed by atoms with Crippen LogP contribution in [-0.4, -0.2) is 0 Å². The van der Waals surface area contributed by atoms with Crippen molar-refractivity contribution in [2.24, 2.45) is 0 Å². The monoisotopic (exact) mass is 310 g/mol. The Kier molecular flexibility index (Phi) is 4.04. The van der Waals surface area contributed by atoms with Gasteiger partial charge in [-0.2, -0.15) is 0 Å². The van der Waals surface area contributed by atoms with Gasteiger partial charge < -0.3 is 0 Å². The van der Waals surface area contributed by atoms with Crippen molar-refractivity contribution in [1.29, 1.82) is 0 Å². The minimum atomic E-state index is -0.243. The van der Waals surface area contributed by atoms with Gasteiger partial charge in [0.25, 0.3) is 0 Å². The lowest BCUT2D eigenvalue weighted by Gasteiger charge is -2.08. The van der Waals surface area contributed by atoms with Gasteiger partial charge in [-0.05, 0) is 29.8 Å². The third-order valence-electron chi connectivity index (χ3n) is 2.08. The lowest BCUT2D eigenvalue weighted by Crippen LogP contribution is -1.89. The van der Waals surface area contributed by atoms with Gasteiger partial charge >= 0.3 is 0 Å². The molecule has 0 saturated carbocycles. The van der Waals surface area contributed by atoms with Gasteiger partial charge in [0.2, 0.25) is 0 Å². The first kappa shape index (κ1) is 12.5. The Bertz CT molecular complexity index is 506. The van der Waals surface area contributed by atoms with E-state index in [1.165, 1.54) is 11.3 Å². The number of rotatable bonds is 2. The smallest absolute Gasteiger partial charge is 0.0931 e. The summed E-state index contributed by atoms with van der Waals surface area (Å²) in [6.07, 6.45) is 0. The SMILES string of the molecule is Clc1ccc(C(Cl)c2ccc(Cl)c(Cl)c2)s1. The van der Waals surface area contributed by atoms with Gasteiger partial charge in [-0.25, -0.2) is 0 Å².